The molecule has 0 aliphatic carbocycles. The van der Waals surface area contributed by atoms with Crippen molar-refractivity contribution in [1.82, 2.24) is 9.97 Å². The molecule has 0 radical (unpaired) electrons. The predicted molar refractivity (Wildman–Crippen MR) is 82.7 cm³/mol. The van der Waals surface area contributed by atoms with Crippen LogP contribution in [-0.2, 0) is 0 Å². The first-order valence-corrected chi connectivity index (χ1v) is 7.68. The molecule has 2 rings (SSSR count). The quantitative estimate of drug-likeness (QED) is 0.672. The summed E-state index contributed by atoms with van der Waals surface area (Å²) in [5.41, 5.74) is 2.12. The maximum atomic E-state index is 9.45. The number of nitrogens with one attached hydrogen (secondary N) is 1. The number of nitriles is 1. The van der Waals surface area contributed by atoms with Crippen molar-refractivity contribution < 1.29 is 0 Å². The van der Waals surface area contributed by atoms with Gasteiger partial charge in [-0.25, -0.2) is 9.97 Å². The first kappa shape index (κ1) is 14.4. The third-order valence-electron chi connectivity index (χ3n) is 2.77. The fraction of sp³-hybridized carbons (Fsp3) is 0.267. The minimum absolute atomic E-state index is 0.502. The van der Waals surface area contributed by atoms with Crippen LogP contribution in [0, 0.1) is 11.3 Å². The van der Waals surface area contributed by atoms with E-state index in [0.717, 1.165) is 18.5 Å². The second-order valence-electron chi connectivity index (χ2n) is 4.19. The number of rotatable bonds is 5. The first-order chi connectivity index (χ1) is 9.80. The maximum absolute atomic E-state index is 9.45. The number of anilines is 1. The summed E-state index contributed by atoms with van der Waals surface area (Å²) in [5, 5.41) is 13.3. The lowest BCUT2D eigenvalue weighted by molar-refractivity contribution is 0.925. The second-order valence-corrected chi connectivity index (χ2v) is 4.96. The molecular formula is C15H16N4S. The number of thioether (sulfide) groups is 1. The fourth-order valence-electron chi connectivity index (χ4n) is 1.81. The number of hydrogen-bond donors (Lipinski definition) is 1. The Morgan fingerprint density at radius 1 is 1.25 bits per heavy atom. The minimum atomic E-state index is 0.502. The summed E-state index contributed by atoms with van der Waals surface area (Å²) in [6.07, 6.45) is 2.91. The third kappa shape index (κ3) is 3.09. The van der Waals surface area contributed by atoms with E-state index < -0.39 is 0 Å². The van der Waals surface area contributed by atoms with Gasteiger partial charge in [0.1, 0.15) is 17.5 Å². The van der Waals surface area contributed by atoms with Gasteiger partial charge in [0.2, 0.25) is 0 Å². The number of hydrogen-bond acceptors (Lipinski definition) is 5. The number of nitrogens with zero attached hydrogens (tertiary/aromatic N) is 3. The Morgan fingerprint density at radius 3 is 2.60 bits per heavy atom. The zero-order chi connectivity index (χ0) is 14.4. The molecule has 1 aromatic carbocycles. The van der Waals surface area contributed by atoms with Gasteiger partial charge in [-0.15, -0.1) is 0 Å². The van der Waals surface area contributed by atoms with E-state index in [4.69, 9.17) is 0 Å². The maximum Gasteiger partial charge on any atom is 0.189 e. The van der Waals surface area contributed by atoms with Gasteiger partial charge in [-0.2, -0.15) is 5.26 Å². The molecule has 20 heavy (non-hydrogen) atoms. The fourth-order valence-corrected chi connectivity index (χ4v) is 2.18. The SMILES string of the molecule is CCCNc1nc(SC)nc(-c2ccccc2)c1C#N. The molecule has 0 bridgehead atoms. The van der Waals surface area contributed by atoms with E-state index in [0.29, 0.717) is 22.2 Å². The highest BCUT2D eigenvalue weighted by molar-refractivity contribution is 7.98. The molecule has 0 unspecified atom stereocenters. The van der Waals surface area contributed by atoms with Crippen LogP contribution in [0.5, 0.6) is 0 Å². The molecule has 4 nitrogen and oxygen atoms in total. The minimum Gasteiger partial charge on any atom is -0.369 e. The van der Waals surface area contributed by atoms with Crippen LogP contribution in [0.15, 0.2) is 35.5 Å². The van der Waals surface area contributed by atoms with Crippen LogP contribution in [0.25, 0.3) is 11.3 Å². The van der Waals surface area contributed by atoms with Crippen molar-refractivity contribution >= 4 is 17.6 Å². The monoisotopic (exact) mass is 284 g/mol. The number of aromatic nitrogens is 2. The van der Waals surface area contributed by atoms with E-state index in [1.807, 2.05) is 36.6 Å². The van der Waals surface area contributed by atoms with Gasteiger partial charge in [0.05, 0.1) is 5.69 Å². The molecule has 1 heterocycles. The van der Waals surface area contributed by atoms with Crippen molar-refractivity contribution in [2.24, 2.45) is 0 Å². The van der Waals surface area contributed by atoms with Crippen LogP contribution in [0.2, 0.25) is 0 Å². The molecule has 0 aliphatic heterocycles. The van der Waals surface area contributed by atoms with Crippen molar-refractivity contribution in [3.63, 3.8) is 0 Å². The Morgan fingerprint density at radius 2 is 2.00 bits per heavy atom. The van der Waals surface area contributed by atoms with E-state index in [1.54, 1.807) is 0 Å². The van der Waals surface area contributed by atoms with Crippen molar-refractivity contribution in [3.05, 3.63) is 35.9 Å². The smallest absolute Gasteiger partial charge is 0.189 e. The van der Waals surface area contributed by atoms with Gasteiger partial charge in [-0.1, -0.05) is 49.0 Å². The second kappa shape index (κ2) is 6.92. The molecule has 1 aromatic heterocycles. The van der Waals surface area contributed by atoms with Crippen LogP contribution in [0.3, 0.4) is 0 Å². The highest BCUT2D eigenvalue weighted by atomic mass is 32.2. The van der Waals surface area contributed by atoms with E-state index in [2.05, 4.69) is 28.3 Å². The van der Waals surface area contributed by atoms with Gasteiger partial charge in [-0.3, -0.25) is 0 Å². The van der Waals surface area contributed by atoms with Crippen LogP contribution in [-0.4, -0.2) is 22.8 Å². The normalized spacial score (nSPS) is 10.1. The lowest BCUT2D eigenvalue weighted by Gasteiger charge is -2.11. The highest BCUT2D eigenvalue weighted by Gasteiger charge is 2.15. The van der Waals surface area contributed by atoms with Gasteiger partial charge < -0.3 is 5.32 Å². The molecular weight excluding hydrogens is 268 g/mol. The summed E-state index contributed by atoms with van der Waals surface area (Å²) in [4.78, 5) is 8.89. The lowest BCUT2D eigenvalue weighted by Crippen LogP contribution is -2.07. The van der Waals surface area contributed by atoms with Gasteiger partial charge in [-0.05, 0) is 12.7 Å². The molecule has 0 saturated carbocycles. The summed E-state index contributed by atoms with van der Waals surface area (Å²) in [6, 6.07) is 12.0. The Balaban J connectivity index is 2.57. The average molecular weight is 284 g/mol. The summed E-state index contributed by atoms with van der Waals surface area (Å²) in [7, 11) is 0. The van der Waals surface area contributed by atoms with Gasteiger partial charge >= 0.3 is 0 Å². The van der Waals surface area contributed by atoms with Gasteiger partial charge in [0.15, 0.2) is 5.16 Å². The third-order valence-corrected chi connectivity index (χ3v) is 3.32. The summed E-state index contributed by atoms with van der Waals surface area (Å²) in [5.74, 6) is 0.618. The Hall–Kier alpha value is -2.06. The van der Waals surface area contributed by atoms with E-state index in [9.17, 15) is 5.26 Å². The van der Waals surface area contributed by atoms with Crippen LogP contribution >= 0.6 is 11.8 Å². The van der Waals surface area contributed by atoms with Crippen molar-refractivity contribution in [2.45, 2.75) is 18.5 Å². The highest BCUT2D eigenvalue weighted by Crippen LogP contribution is 2.28. The molecule has 0 atom stereocenters. The molecule has 0 saturated heterocycles. The Labute approximate surface area is 123 Å². The molecule has 2 aromatic rings. The van der Waals surface area contributed by atoms with E-state index in [1.165, 1.54) is 11.8 Å². The zero-order valence-corrected chi connectivity index (χ0v) is 12.4. The number of benzene rings is 1. The summed E-state index contributed by atoms with van der Waals surface area (Å²) < 4.78 is 0. The Kier molecular flexibility index (Phi) is 4.97. The largest absolute Gasteiger partial charge is 0.369 e. The molecule has 0 amide bonds. The summed E-state index contributed by atoms with van der Waals surface area (Å²) >= 11 is 1.47. The first-order valence-electron chi connectivity index (χ1n) is 6.45. The average Bonchev–Trinajstić information content (AvgIpc) is 2.52. The van der Waals surface area contributed by atoms with E-state index in [-0.39, 0.29) is 0 Å². The van der Waals surface area contributed by atoms with Crippen molar-refractivity contribution in [3.8, 4) is 17.3 Å². The van der Waals surface area contributed by atoms with Gasteiger partial charge in [0, 0.05) is 12.1 Å². The molecule has 0 aliphatic rings. The zero-order valence-electron chi connectivity index (χ0n) is 11.6. The molecule has 102 valence electrons. The van der Waals surface area contributed by atoms with Crippen molar-refractivity contribution in [2.75, 3.05) is 18.1 Å². The van der Waals surface area contributed by atoms with E-state index >= 15 is 0 Å². The molecule has 1 N–H and O–H groups in total. The molecule has 5 heteroatoms. The topological polar surface area (TPSA) is 61.6 Å². The molecule has 0 spiro atoms. The summed E-state index contributed by atoms with van der Waals surface area (Å²) in [6.45, 7) is 2.86. The lowest BCUT2D eigenvalue weighted by atomic mass is 10.1. The van der Waals surface area contributed by atoms with Crippen molar-refractivity contribution in [1.29, 1.82) is 5.26 Å². The van der Waals surface area contributed by atoms with Crippen LogP contribution in [0.1, 0.15) is 18.9 Å². The molecule has 0 fully saturated rings. The van der Waals surface area contributed by atoms with Crippen LogP contribution in [0.4, 0.5) is 5.82 Å². The van der Waals surface area contributed by atoms with Gasteiger partial charge in [0.25, 0.3) is 0 Å². The Bertz CT molecular complexity index is 620. The standard InChI is InChI=1S/C15H16N4S/c1-3-9-17-14-12(10-16)13(18-15(19-14)20-2)11-7-5-4-6-8-11/h4-8H,3,9H2,1-2H3,(H,17,18,19). The van der Waals surface area contributed by atoms with Crippen LogP contribution < -0.4 is 5.32 Å². The predicted octanol–water partition coefficient (Wildman–Crippen LogP) is 3.56.